The fraction of sp³-hybridized carbons (Fsp3) is 1.00. The Morgan fingerprint density at radius 3 is 2.38 bits per heavy atom. The van der Waals surface area contributed by atoms with Crippen LogP contribution in [0.2, 0.25) is 0 Å². The fourth-order valence-electron chi connectivity index (χ4n) is 9.61. The van der Waals surface area contributed by atoms with Gasteiger partial charge in [0.15, 0.2) is 0 Å². The Morgan fingerprint density at radius 2 is 1.69 bits per heavy atom. The summed E-state index contributed by atoms with van der Waals surface area (Å²) in [5.74, 6) is 4.95. The lowest BCUT2D eigenvalue weighted by molar-refractivity contribution is -0.157. The van der Waals surface area contributed by atoms with Crippen LogP contribution in [-0.2, 0) is 14.6 Å². The van der Waals surface area contributed by atoms with Crippen LogP contribution >= 0.6 is 0 Å². The van der Waals surface area contributed by atoms with Crippen molar-refractivity contribution in [2.24, 2.45) is 52.3 Å². The van der Waals surface area contributed by atoms with E-state index in [1.54, 1.807) is 0 Å². The second kappa shape index (κ2) is 9.15. The van der Waals surface area contributed by atoms with Crippen molar-refractivity contribution in [2.75, 3.05) is 0 Å². The zero-order chi connectivity index (χ0) is 23.3. The van der Waals surface area contributed by atoms with Gasteiger partial charge in [0.1, 0.15) is 0 Å². The van der Waals surface area contributed by atoms with E-state index in [1.807, 2.05) is 0 Å². The Bertz CT molecular complexity index is 764. The highest BCUT2D eigenvalue weighted by Gasteiger charge is 2.62. The average molecular weight is 469 g/mol. The molecule has 0 aliphatic heterocycles. The first-order valence-electron chi connectivity index (χ1n) is 13.6. The van der Waals surface area contributed by atoms with Gasteiger partial charge in [-0.2, -0.15) is 8.42 Å². The molecule has 0 radical (unpaired) electrons. The summed E-state index contributed by atoms with van der Waals surface area (Å²) < 4.78 is 38.3. The molecule has 0 spiro atoms. The van der Waals surface area contributed by atoms with Crippen LogP contribution in [0.5, 0.6) is 0 Å². The topological polar surface area (TPSA) is 63.6 Å². The summed E-state index contributed by atoms with van der Waals surface area (Å²) in [4.78, 5) is 0. The Balaban J connectivity index is 1.53. The highest BCUT2D eigenvalue weighted by molar-refractivity contribution is 7.80. The third-order valence-electron chi connectivity index (χ3n) is 11.1. The van der Waals surface area contributed by atoms with Gasteiger partial charge >= 0.3 is 10.4 Å². The molecule has 0 bridgehead atoms. The maximum absolute atomic E-state index is 11.7. The smallest absolute Gasteiger partial charge is 0.264 e. The molecule has 4 saturated carbocycles. The maximum atomic E-state index is 11.7. The van der Waals surface area contributed by atoms with Crippen LogP contribution < -0.4 is 0 Å². The van der Waals surface area contributed by atoms with E-state index < -0.39 is 10.4 Å². The summed E-state index contributed by atoms with van der Waals surface area (Å²) in [6, 6.07) is 0. The molecular formula is C27H48O4S. The van der Waals surface area contributed by atoms with Crippen molar-refractivity contribution in [3.05, 3.63) is 0 Å². The van der Waals surface area contributed by atoms with Crippen molar-refractivity contribution in [3.8, 4) is 0 Å². The Hall–Kier alpha value is -0.130. The van der Waals surface area contributed by atoms with Gasteiger partial charge in [0.05, 0.1) is 6.10 Å². The predicted molar refractivity (Wildman–Crippen MR) is 129 cm³/mol. The second-order valence-electron chi connectivity index (χ2n) is 13.0. The molecule has 0 aromatic heterocycles. The highest BCUT2D eigenvalue weighted by Crippen LogP contribution is 2.68. The lowest BCUT2D eigenvalue weighted by Gasteiger charge is -2.62. The first-order valence-corrected chi connectivity index (χ1v) is 15.0. The summed E-state index contributed by atoms with van der Waals surface area (Å²) in [5.41, 5.74) is 0.314. The molecule has 0 aromatic carbocycles. The van der Waals surface area contributed by atoms with E-state index in [4.69, 9.17) is 4.18 Å². The molecule has 186 valence electrons. The molecule has 4 rings (SSSR count). The molecule has 32 heavy (non-hydrogen) atoms. The summed E-state index contributed by atoms with van der Waals surface area (Å²) in [5, 5.41) is 0. The molecule has 4 fully saturated rings. The van der Waals surface area contributed by atoms with E-state index in [-0.39, 0.29) is 11.5 Å². The van der Waals surface area contributed by atoms with Crippen molar-refractivity contribution < 1.29 is 17.2 Å². The SMILES string of the molecule is CC(C)CCC[C@H](C)[C@@H]1CC[C@H]2[C@H]3CC[C@H]4CCCC(OS(=O)(=O)O)[C@]4(C)[C@H]3CC[C@@]21C. The largest absolute Gasteiger partial charge is 0.397 e. The molecule has 4 aliphatic carbocycles. The van der Waals surface area contributed by atoms with Gasteiger partial charge in [0.25, 0.3) is 0 Å². The summed E-state index contributed by atoms with van der Waals surface area (Å²) in [6.07, 6.45) is 14.4. The normalized spacial score (nSPS) is 45.2. The van der Waals surface area contributed by atoms with Crippen molar-refractivity contribution in [1.82, 2.24) is 0 Å². The van der Waals surface area contributed by atoms with E-state index >= 15 is 0 Å². The Labute approximate surface area is 197 Å². The number of hydrogen-bond acceptors (Lipinski definition) is 3. The van der Waals surface area contributed by atoms with Crippen molar-refractivity contribution in [2.45, 2.75) is 118 Å². The average Bonchev–Trinajstić information content (AvgIpc) is 3.04. The van der Waals surface area contributed by atoms with Gasteiger partial charge in [0, 0.05) is 5.41 Å². The first kappa shape index (κ1) is 25.0. The molecule has 1 unspecified atom stereocenters. The predicted octanol–water partition coefficient (Wildman–Crippen LogP) is 7.30. The molecule has 4 nitrogen and oxygen atoms in total. The summed E-state index contributed by atoms with van der Waals surface area (Å²) >= 11 is 0. The van der Waals surface area contributed by atoms with Gasteiger partial charge in [-0.1, -0.05) is 60.3 Å². The molecular weight excluding hydrogens is 420 g/mol. The second-order valence-corrected chi connectivity index (χ2v) is 14.0. The third kappa shape index (κ3) is 4.44. The van der Waals surface area contributed by atoms with Gasteiger partial charge in [-0.15, -0.1) is 0 Å². The summed E-state index contributed by atoms with van der Waals surface area (Å²) in [6.45, 7) is 12.1. The summed E-state index contributed by atoms with van der Waals surface area (Å²) in [7, 11) is -4.41. The maximum Gasteiger partial charge on any atom is 0.397 e. The van der Waals surface area contributed by atoms with Gasteiger partial charge in [-0.3, -0.25) is 4.55 Å². The monoisotopic (exact) mass is 468 g/mol. The highest BCUT2D eigenvalue weighted by atomic mass is 32.3. The Kier molecular flexibility index (Phi) is 7.14. The zero-order valence-electron chi connectivity index (χ0n) is 21.2. The van der Waals surface area contributed by atoms with Crippen LogP contribution in [0.15, 0.2) is 0 Å². The van der Waals surface area contributed by atoms with Crippen molar-refractivity contribution in [1.29, 1.82) is 0 Å². The minimum Gasteiger partial charge on any atom is -0.264 e. The van der Waals surface area contributed by atoms with E-state index in [9.17, 15) is 13.0 Å². The minimum atomic E-state index is -4.41. The van der Waals surface area contributed by atoms with E-state index in [1.165, 1.54) is 64.2 Å². The van der Waals surface area contributed by atoms with Crippen LogP contribution in [0.4, 0.5) is 0 Å². The van der Waals surface area contributed by atoms with Gasteiger partial charge in [0.2, 0.25) is 0 Å². The van der Waals surface area contributed by atoms with Crippen molar-refractivity contribution in [3.63, 3.8) is 0 Å². The molecule has 4 aliphatic rings. The molecule has 9 atom stereocenters. The van der Waals surface area contributed by atoms with Crippen LogP contribution in [-0.4, -0.2) is 19.1 Å². The lowest BCUT2D eigenvalue weighted by Crippen LogP contribution is -2.58. The van der Waals surface area contributed by atoms with Gasteiger partial charge < -0.3 is 0 Å². The zero-order valence-corrected chi connectivity index (χ0v) is 22.0. The van der Waals surface area contributed by atoms with Crippen LogP contribution in [0, 0.1) is 52.3 Å². The molecule has 0 heterocycles. The molecule has 0 amide bonds. The fourth-order valence-corrected chi connectivity index (χ4v) is 10.2. The van der Waals surface area contributed by atoms with E-state index in [0.29, 0.717) is 23.2 Å². The molecule has 1 N–H and O–H groups in total. The first-order chi connectivity index (χ1) is 15.0. The van der Waals surface area contributed by atoms with E-state index in [0.717, 1.165) is 36.5 Å². The van der Waals surface area contributed by atoms with Crippen LogP contribution in [0.1, 0.15) is 112 Å². The van der Waals surface area contributed by atoms with Crippen LogP contribution in [0.3, 0.4) is 0 Å². The molecule has 0 aromatic rings. The Morgan fingerprint density at radius 1 is 0.938 bits per heavy atom. The van der Waals surface area contributed by atoms with Gasteiger partial charge in [-0.25, -0.2) is 4.18 Å². The van der Waals surface area contributed by atoms with Crippen LogP contribution in [0.25, 0.3) is 0 Å². The van der Waals surface area contributed by atoms with Gasteiger partial charge in [-0.05, 0) is 98.2 Å². The number of hydrogen-bond donors (Lipinski definition) is 1. The number of fused-ring (bicyclic) bond motifs is 5. The molecule has 5 heteroatoms. The quantitative estimate of drug-likeness (QED) is 0.398. The minimum absolute atomic E-state index is 0.126. The van der Waals surface area contributed by atoms with Crippen molar-refractivity contribution >= 4 is 10.4 Å². The third-order valence-corrected chi connectivity index (χ3v) is 11.6. The molecule has 0 saturated heterocycles. The number of rotatable bonds is 7. The lowest BCUT2D eigenvalue weighted by atomic mass is 9.44. The van der Waals surface area contributed by atoms with E-state index in [2.05, 4.69) is 34.6 Å². The standard InChI is InChI=1S/C27H48O4S/c1-18(2)8-6-9-19(3)22-14-15-23-21-13-12-20-10-7-11-25(31-32(28,29)30)27(20,5)24(21)16-17-26(22,23)4/h18-25H,6-17H2,1-5H3,(H,28,29,30)/t19-,20+,21+,22-,23-,24-,25?,26+,27-/m0/s1.